The van der Waals surface area contributed by atoms with Gasteiger partial charge in [0.05, 0.1) is 10.9 Å². The van der Waals surface area contributed by atoms with Crippen molar-refractivity contribution < 1.29 is 8.42 Å². The van der Waals surface area contributed by atoms with E-state index in [1.165, 1.54) is 0 Å². The summed E-state index contributed by atoms with van der Waals surface area (Å²) in [7, 11) is -3.58. The van der Waals surface area contributed by atoms with Gasteiger partial charge in [0, 0.05) is 18.9 Å². The molecule has 1 aromatic heterocycles. The van der Waals surface area contributed by atoms with Gasteiger partial charge in [0.15, 0.2) is 0 Å². The Labute approximate surface area is 165 Å². The molecule has 0 aliphatic heterocycles. The third kappa shape index (κ3) is 3.86. The second-order valence-corrected chi connectivity index (χ2v) is 8.68. The summed E-state index contributed by atoms with van der Waals surface area (Å²) >= 11 is 0. The highest BCUT2D eigenvalue weighted by atomic mass is 32.2. The number of aryl methyl sites for hydroxylation is 1. The molecule has 1 heterocycles. The van der Waals surface area contributed by atoms with E-state index in [9.17, 15) is 8.42 Å². The Hall–Kier alpha value is -2.89. The van der Waals surface area contributed by atoms with Crippen molar-refractivity contribution in [2.24, 2.45) is 0 Å². The van der Waals surface area contributed by atoms with E-state index < -0.39 is 10.0 Å². The number of rotatable bonds is 6. The van der Waals surface area contributed by atoms with Crippen LogP contribution in [0.15, 0.2) is 96.2 Å². The van der Waals surface area contributed by atoms with Crippen LogP contribution in [0.25, 0.3) is 10.8 Å². The smallest absolute Gasteiger partial charge is 0.240 e. The molecule has 0 amide bonds. The van der Waals surface area contributed by atoms with Gasteiger partial charge in [-0.2, -0.15) is 0 Å². The molecule has 1 unspecified atom stereocenters. The van der Waals surface area contributed by atoms with Gasteiger partial charge in [0.2, 0.25) is 10.0 Å². The minimum absolute atomic E-state index is 0.139. The van der Waals surface area contributed by atoms with Crippen LogP contribution in [0.3, 0.4) is 0 Å². The van der Waals surface area contributed by atoms with Crippen molar-refractivity contribution in [1.82, 2.24) is 9.29 Å². The van der Waals surface area contributed by atoms with Gasteiger partial charge in [-0.25, -0.2) is 13.1 Å². The van der Waals surface area contributed by atoms with Gasteiger partial charge in [-0.15, -0.1) is 0 Å². The zero-order chi connectivity index (χ0) is 19.6. The number of nitrogens with zero attached hydrogens (tertiary/aromatic N) is 1. The van der Waals surface area contributed by atoms with Gasteiger partial charge in [-0.1, -0.05) is 54.1 Å². The predicted octanol–water partition coefficient (Wildman–Crippen LogP) is 4.52. The first-order valence-electron chi connectivity index (χ1n) is 9.20. The second-order valence-electron chi connectivity index (χ2n) is 6.92. The topological polar surface area (TPSA) is 51.1 Å². The molecule has 0 radical (unpaired) electrons. The molecule has 4 aromatic rings. The van der Waals surface area contributed by atoms with E-state index in [4.69, 9.17) is 0 Å². The zero-order valence-corrected chi connectivity index (χ0v) is 16.4. The van der Waals surface area contributed by atoms with Crippen LogP contribution in [0, 0.1) is 6.92 Å². The minimum Gasteiger partial charge on any atom is -0.346 e. The molecule has 3 aromatic carbocycles. The van der Waals surface area contributed by atoms with Crippen LogP contribution < -0.4 is 4.72 Å². The molecule has 0 aliphatic rings. The van der Waals surface area contributed by atoms with E-state index in [1.54, 1.807) is 24.3 Å². The molecule has 5 heteroatoms. The Morgan fingerprint density at radius 3 is 2.25 bits per heavy atom. The van der Waals surface area contributed by atoms with E-state index in [1.807, 2.05) is 48.1 Å². The molecule has 1 atom stereocenters. The third-order valence-electron chi connectivity index (χ3n) is 4.94. The molecule has 1 N–H and O–H groups in total. The number of benzene rings is 3. The van der Waals surface area contributed by atoms with Gasteiger partial charge < -0.3 is 4.57 Å². The SMILES string of the molecule is Cc1ccc(S(=O)(=O)NCC(c2ccc3ccccc3c2)n2cccc2)cc1. The fourth-order valence-electron chi connectivity index (χ4n) is 3.36. The van der Waals surface area contributed by atoms with Gasteiger partial charge in [-0.05, 0) is 53.6 Å². The standard InChI is InChI=1S/C23H22N2O2S/c1-18-8-12-22(13-9-18)28(26,27)24-17-23(25-14-4-5-15-25)21-11-10-19-6-2-3-7-20(19)16-21/h2-16,23-24H,17H2,1H3. The fraction of sp³-hybridized carbons (Fsp3) is 0.130. The van der Waals surface area contributed by atoms with Crippen LogP contribution in [0.4, 0.5) is 0 Å². The summed E-state index contributed by atoms with van der Waals surface area (Å²) in [6, 6.07) is 25.1. The Balaban J connectivity index is 1.64. The van der Waals surface area contributed by atoms with E-state index in [-0.39, 0.29) is 17.5 Å². The molecule has 0 fully saturated rings. The number of hydrogen-bond acceptors (Lipinski definition) is 2. The lowest BCUT2D eigenvalue weighted by atomic mass is 10.0. The quantitative estimate of drug-likeness (QED) is 0.526. The summed E-state index contributed by atoms with van der Waals surface area (Å²) < 4.78 is 30.3. The van der Waals surface area contributed by atoms with Crippen molar-refractivity contribution in [1.29, 1.82) is 0 Å². The third-order valence-corrected chi connectivity index (χ3v) is 6.38. The zero-order valence-electron chi connectivity index (χ0n) is 15.6. The highest BCUT2D eigenvalue weighted by Crippen LogP contribution is 2.24. The first-order chi connectivity index (χ1) is 13.5. The molecule has 0 spiro atoms. The maximum Gasteiger partial charge on any atom is 0.240 e. The molecule has 4 rings (SSSR count). The molecular weight excluding hydrogens is 368 g/mol. The summed E-state index contributed by atoms with van der Waals surface area (Å²) in [5, 5.41) is 2.30. The van der Waals surface area contributed by atoms with Crippen LogP contribution in [0.1, 0.15) is 17.2 Å². The highest BCUT2D eigenvalue weighted by molar-refractivity contribution is 7.89. The largest absolute Gasteiger partial charge is 0.346 e. The molecular formula is C23H22N2O2S. The average Bonchev–Trinajstić information content (AvgIpc) is 3.23. The van der Waals surface area contributed by atoms with Crippen LogP contribution in [0.2, 0.25) is 0 Å². The summed E-state index contributed by atoms with van der Waals surface area (Å²) in [5.41, 5.74) is 2.09. The van der Waals surface area contributed by atoms with E-state index in [2.05, 4.69) is 35.1 Å². The maximum atomic E-state index is 12.7. The molecule has 0 saturated heterocycles. The average molecular weight is 391 g/mol. The predicted molar refractivity (Wildman–Crippen MR) is 113 cm³/mol. The van der Waals surface area contributed by atoms with Gasteiger partial charge in [-0.3, -0.25) is 0 Å². The van der Waals surface area contributed by atoms with Crippen molar-refractivity contribution in [3.8, 4) is 0 Å². The van der Waals surface area contributed by atoms with Gasteiger partial charge in [0.25, 0.3) is 0 Å². The maximum absolute atomic E-state index is 12.7. The molecule has 4 nitrogen and oxygen atoms in total. The van der Waals surface area contributed by atoms with Crippen molar-refractivity contribution >= 4 is 20.8 Å². The van der Waals surface area contributed by atoms with Crippen molar-refractivity contribution in [3.63, 3.8) is 0 Å². The van der Waals surface area contributed by atoms with Crippen LogP contribution in [-0.2, 0) is 10.0 Å². The molecule has 28 heavy (non-hydrogen) atoms. The van der Waals surface area contributed by atoms with Crippen molar-refractivity contribution in [3.05, 3.63) is 102 Å². The lowest BCUT2D eigenvalue weighted by Crippen LogP contribution is -2.31. The van der Waals surface area contributed by atoms with Gasteiger partial charge in [0.1, 0.15) is 0 Å². The summed E-state index contributed by atoms with van der Waals surface area (Å²) in [5.74, 6) is 0. The van der Waals surface area contributed by atoms with E-state index in [0.29, 0.717) is 0 Å². The van der Waals surface area contributed by atoms with E-state index in [0.717, 1.165) is 21.9 Å². The fourth-order valence-corrected chi connectivity index (χ4v) is 4.39. The summed E-state index contributed by atoms with van der Waals surface area (Å²) in [4.78, 5) is 0.280. The number of nitrogens with one attached hydrogen (secondary N) is 1. The Morgan fingerprint density at radius 2 is 1.54 bits per heavy atom. The summed E-state index contributed by atoms with van der Waals surface area (Å²) in [6.45, 7) is 2.20. The van der Waals surface area contributed by atoms with Crippen molar-refractivity contribution in [2.75, 3.05) is 6.54 Å². The normalized spacial score (nSPS) is 12.9. The summed E-state index contributed by atoms with van der Waals surface area (Å²) in [6.07, 6.45) is 3.92. The first-order valence-corrected chi connectivity index (χ1v) is 10.7. The van der Waals surface area contributed by atoms with Crippen LogP contribution >= 0.6 is 0 Å². The molecule has 0 saturated carbocycles. The molecule has 142 valence electrons. The minimum atomic E-state index is -3.58. The molecule has 0 aliphatic carbocycles. The second kappa shape index (κ2) is 7.62. The van der Waals surface area contributed by atoms with Crippen molar-refractivity contribution in [2.45, 2.75) is 17.9 Å². The Morgan fingerprint density at radius 1 is 0.857 bits per heavy atom. The van der Waals surface area contributed by atoms with E-state index >= 15 is 0 Å². The lowest BCUT2D eigenvalue weighted by molar-refractivity contribution is 0.544. The molecule has 0 bridgehead atoms. The number of fused-ring (bicyclic) bond motifs is 1. The monoisotopic (exact) mass is 390 g/mol. The van der Waals surface area contributed by atoms with Gasteiger partial charge >= 0.3 is 0 Å². The Bertz CT molecular complexity index is 1180. The number of sulfonamides is 1. The van der Waals surface area contributed by atoms with Crippen LogP contribution in [-0.4, -0.2) is 19.5 Å². The first kappa shape index (κ1) is 18.5. The number of aromatic nitrogens is 1. The number of hydrogen-bond donors (Lipinski definition) is 1. The van der Waals surface area contributed by atoms with Crippen LogP contribution in [0.5, 0.6) is 0 Å². The lowest BCUT2D eigenvalue weighted by Gasteiger charge is -2.21. The highest BCUT2D eigenvalue weighted by Gasteiger charge is 2.19. The Kier molecular flexibility index (Phi) is 5.03.